The van der Waals surface area contributed by atoms with Crippen LogP contribution in [0, 0.1) is 11.3 Å². The Bertz CT molecular complexity index is 262. The predicted molar refractivity (Wildman–Crippen MR) is 36.1 cm³/mol. The Balaban J connectivity index is 3.01. The zero-order chi connectivity index (χ0) is 7.40. The molecule has 1 heterocycles. The van der Waals surface area contributed by atoms with E-state index in [0.29, 0.717) is 5.69 Å². The van der Waals surface area contributed by atoms with Crippen LogP contribution in [-0.2, 0) is 6.42 Å². The summed E-state index contributed by atoms with van der Waals surface area (Å²) in [5.41, 5.74) is 1.35. The van der Waals surface area contributed by atoms with Gasteiger partial charge in [0.05, 0.1) is 0 Å². The van der Waals surface area contributed by atoms with Crippen molar-refractivity contribution in [3.8, 4) is 6.07 Å². The first kappa shape index (κ1) is 6.69. The average molecular weight is 133 g/mol. The second-order valence-corrected chi connectivity index (χ2v) is 1.86. The van der Waals surface area contributed by atoms with E-state index >= 15 is 0 Å². The Labute approximate surface area is 59.4 Å². The van der Waals surface area contributed by atoms with Crippen molar-refractivity contribution in [3.05, 3.63) is 23.8 Å². The minimum Gasteiger partial charge on any atom is -0.241 e. The maximum absolute atomic E-state index is 8.42. The molecule has 0 spiro atoms. The summed E-state index contributed by atoms with van der Waals surface area (Å²) in [7, 11) is 0. The molecule has 0 aliphatic carbocycles. The van der Waals surface area contributed by atoms with Crippen LogP contribution in [-0.4, -0.2) is 9.97 Å². The molecule has 1 aromatic heterocycles. The highest BCUT2D eigenvalue weighted by Crippen LogP contribution is 1.95. The zero-order valence-electron chi connectivity index (χ0n) is 5.70. The highest BCUT2D eigenvalue weighted by atomic mass is 14.8. The molecule has 0 bridgehead atoms. The number of hydrogen-bond donors (Lipinski definition) is 0. The molecule has 0 N–H and O–H groups in total. The molecule has 0 unspecified atom stereocenters. The molecular weight excluding hydrogens is 126 g/mol. The van der Waals surface area contributed by atoms with Crippen LogP contribution in [0.15, 0.2) is 12.4 Å². The zero-order valence-corrected chi connectivity index (χ0v) is 5.70. The Morgan fingerprint density at radius 1 is 1.60 bits per heavy atom. The number of rotatable bonds is 1. The van der Waals surface area contributed by atoms with Gasteiger partial charge in [0.1, 0.15) is 18.1 Å². The fourth-order valence-corrected chi connectivity index (χ4v) is 0.652. The van der Waals surface area contributed by atoms with Gasteiger partial charge in [-0.05, 0) is 12.5 Å². The lowest BCUT2D eigenvalue weighted by Gasteiger charge is -1.91. The predicted octanol–water partition coefficient (Wildman–Crippen LogP) is 0.911. The third-order valence-electron chi connectivity index (χ3n) is 1.20. The molecule has 0 atom stereocenters. The van der Waals surface area contributed by atoms with Crippen LogP contribution >= 0.6 is 0 Å². The summed E-state index contributed by atoms with van der Waals surface area (Å²) in [5, 5.41) is 8.42. The largest absolute Gasteiger partial charge is 0.241 e. The maximum atomic E-state index is 8.42. The molecule has 50 valence electrons. The van der Waals surface area contributed by atoms with Gasteiger partial charge in [0.2, 0.25) is 0 Å². The number of nitrogens with zero attached hydrogens (tertiary/aromatic N) is 3. The molecule has 0 aromatic carbocycles. The van der Waals surface area contributed by atoms with E-state index in [1.807, 2.05) is 13.0 Å². The van der Waals surface area contributed by atoms with Gasteiger partial charge in [-0.1, -0.05) is 6.92 Å². The molecule has 3 heteroatoms. The van der Waals surface area contributed by atoms with Gasteiger partial charge in [0.25, 0.3) is 0 Å². The molecule has 0 saturated carbocycles. The van der Waals surface area contributed by atoms with Crippen LogP contribution in [0.1, 0.15) is 18.3 Å². The molecule has 1 rings (SSSR count). The summed E-state index contributed by atoms with van der Waals surface area (Å²) >= 11 is 0. The van der Waals surface area contributed by atoms with Crippen LogP contribution in [0.4, 0.5) is 0 Å². The molecule has 0 aliphatic rings. The van der Waals surface area contributed by atoms with Crippen molar-refractivity contribution in [3.63, 3.8) is 0 Å². The topological polar surface area (TPSA) is 49.6 Å². The van der Waals surface area contributed by atoms with Crippen molar-refractivity contribution in [2.24, 2.45) is 0 Å². The van der Waals surface area contributed by atoms with Gasteiger partial charge in [-0.15, -0.1) is 0 Å². The number of nitriles is 1. The quantitative estimate of drug-likeness (QED) is 0.572. The van der Waals surface area contributed by atoms with E-state index in [1.165, 1.54) is 6.33 Å². The molecule has 0 saturated heterocycles. The first-order chi connectivity index (χ1) is 4.86. The SMILES string of the molecule is CCc1cc(C#N)ncn1. The lowest BCUT2D eigenvalue weighted by atomic mass is 10.3. The van der Waals surface area contributed by atoms with E-state index in [4.69, 9.17) is 5.26 Å². The van der Waals surface area contributed by atoms with Crippen LogP contribution in [0.3, 0.4) is 0 Å². The lowest BCUT2D eigenvalue weighted by molar-refractivity contribution is 0.989. The van der Waals surface area contributed by atoms with Crippen LogP contribution < -0.4 is 0 Å². The first-order valence-corrected chi connectivity index (χ1v) is 3.08. The lowest BCUT2D eigenvalue weighted by Crippen LogP contribution is -1.90. The van der Waals surface area contributed by atoms with E-state index in [0.717, 1.165) is 12.1 Å². The van der Waals surface area contributed by atoms with Crippen LogP contribution in [0.5, 0.6) is 0 Å². The fourth-order valence-electron chi connectivity index (χ4n) is 0.652. The van der Waals surface area contributed by atoms with E-state index in [1.54, 1.807) is 6.07 Å². The molecule has 0 amide bonds. The van der Waals surface area contributed by atoms with Crippen molar-refractivity contribution in [2.45, 2.75) is 13.3 Å². The van der Waals surface area contributed by atoms with E-state index in [2.05, 4.69) is 9.97 Å². The van der Waals surface area contributed by atoms with Gasteiger partial charge >= 0.3 is 0 Å². The summed E-state index contributed by atoms with van der Waals surface area (Å²) in [5.74, 6) is 0. The van der Waals surface area contributed by atoms with Crippen LogP contribution in [0.2, 0.25) is 0 Å². The van der Waals surface area contributed by atoms with Gasteiger partial charge in [0.15, 0.2) is 0 Å². The summed E-state index contributed by atoms with van der Waals surface area (Å²) in [6.45, 7) is 1.99. The third-order valence-corrected chi connectivity index (χ3v) is 1.20. The van der Waals surface area contributed by atoms with Crippen molar-refractivity contribution < 1.29 is 0 Å². The molecular formula is C7H7N3. The molecule has 1 aromatic rings. The molecule has 3 nitrogen and oxygen atoms in total. The summed E-state index contributed by atoms with van der Waals surface area (Å²) in [6, 6.07) is 3.64. The highest BCUT2D eigenvalue weighted by molar-refractivity contribution is 5.20. The first-order valence-electron chi connectivity index (χ1n) is 3.08. The van der Waals surface area contributed by atoms with E-state index < -0.39 is 0 Å². The second kappa shape index (κ2) is 2.92. The van der Waals surface area contributed by atoms with Gasteiger partial charge in [0, 0.05) is 5.69 Å². The van der Waals surface area contributed by atoms with Gasteiger partial charge < -0.3 is 0 Å². The minimum absolute atomic E-state index is 0.437. The molecule has 0 fully saturated rings. The van der Waals surface area contributed by atoms with E-state index in [-0.39, 0.29) is 0 Å². The smallest absolute Gasteiger partial charge is 0.144 e. The summed E-state index contributed by atoms with van der Waals surface area (Å²) in [4.78, 5) is 7.68. The van der Waals surface area contributed by atoms with Crippen molar-refractivity contribution in [1.29, 1.82) is 5.26 Å². The Morgan fingerprint density at radius 3 is 3.00 bits per heavy atom. The Hall–Kier alpha value is -1.43. The van der Waals surface area contributed by atoms with Crippen molar-refractivity contribution >= 4 is 0 Å². The number of aryl methyl sites for hydroxylation is 1. The fraction of sp³-hybridized carbons (Fsp3) is 0.286. The second-order valence-electron chi connectivity index (χ2n) is 1.86. The summed E-state index contributed by atoms with van der Waals surface area (Å²) < 4.78 is 0. The minimum atomic E-state index is 0.437. The third kappa shape index (κ3) is 1.29. The standard InChI is InChI=1S/C7H7N3/c1-2-6-3-7(4-8)10-5-9-6/h3,5H,2H2,1H3. The van der Waals surface area contributed by atoms with E-state index in [9.17, 15) is 0 Å². The molecule has 0 radical (unpaired) electrons. The Kier molecular flexibility index (Phi) is 1.96. The number of hydrogen-bond acceptors (Lipinski definition) is 3. The normalized spacial score (nSPS) is 8.80. The average Bonchev–Trinajstić information content (AvgIpc) is 2.05. The number of aromatic nitrogens is 2. The molecule has 0 aliphatic heterocycles. The Morgan fingerprint density at radius 2 is 2.40 bits per heavy atom. The maximum Gasteiger partial charge on any atom is 0.144 e. The van der Waals surface area contributed by atoms with Gasteiger partial charge in [-0.2, -0.15) is 5.26 Å². The molecule has 10 heavy (non-hydrogen) atoms. The highest BCUT2D eigenvalue weighted by Gasteiger charge is 1.92. The van der Waals surface area contributed by atoms with Gasteiger partial charge in [-0.3, -0.25) is 0 Å². The monoisotopic (exact) mass is 133 g/mol. The van der Waals surface area contributed by atoms with Crippen molar-refractivity contribution in [1.82, 2.24) is 9.97 Å². The van der Waals surface area contributed by atoms with Gasteiger partial charge in [-0.25, -0.2) is 9.97 Å². The van der Waals surface area contributed by atoms with Crippen LogP contribution in [0.25, 0.3) is 0 Å². The van der Waals surface area contributed by atoms with Crippen molar-refractivity contribution in [2.75, 3.05) is 0 Å². The summed E-state index contributed by atoms with van der Waals surface area (Å²) in [6.07, 6.45) is 2.26.